The van der Waals surface area contributed by atoms with E-state index in [0.29, 0.717) is 29.4 Å². The van der Waals surface area contributed by atoms with Gasteiger partial charge in [-0.1, -0.05) is 23.8 Å². The van der Waals surface area contributed by atoms with Crippen LogP contribution in [0, 0.1) is 0 Å². The molecule has 1 aromatic carbocycles. The molecule has 0 aromatic heterocycles. The second kappa shape index (κ2) is 6.54. The van der Waals surface area contributed by atoms with Crippen molar-refractivity contribution in [3.8, 4) is 0 Å². The summed E-state index contributed by atoms with van der Waals surface area (Å²) in [6, 6.07) is 4.51. The predicted octanol–water partition coefficient (Wildman–Crippen LogP) is 1.56. The molecule has 6 heteroatoms. The lowest BCUT2D eigenvalue weighted by atomic mass is 10.2. The second-order valence-corrected chi connectivity index (χ2v) is 4.76. The lowest BCUT2D eigenvalue weighted by Gasteiger charge is -2.11. The zero-order valence-electron chi connectivity index (χ0n) is 11.1. The first-order valence-corrected chi connectivity index (χ1v) is 6.78. The molecule has 3 N–H and O–H groups in total. The summed E-state index contributed by atoms with van der Waals surface area (Å²) < 4.78 is 0. The summed E-state index contributed by atoms with van der Waals surface area (Å²) in [7, 11) is 0. The van der Waals surface area contributed by atoms with Crippen LogP contribution in [0.15, 0.2) is 30.4 Å². The van der Waals surface area contributed by atoms with Gasteiger partial charge in [-0.3, -0.25) is 14.9 Å². The molecule has 1 aliphatic heterocycles. The Morgan fingerprint density at radius 3 is 2.85 bits per heavy atom. The average Bonchev–Trinajstić information content (AvgIpc) is 2.93. The molecular formula is C14H16ClN3O2. The number of nitrogens with one attached hydrogen (secondary N) is 3. The number of rotatable bonds is 4. The van der Waals surface area contributed by atoms with Crippen molar-refractivity contribution in [3.63, 3.8) is 0 Å². The largest absolute Gasteiger partial charge is 0.352 e. The van der Waals surface area contributed by atoms with Gasteiger partial charge < -0.3 is 10.6 Å². The molecule has 20 heavy (non-hydrogen) atoms. The standard InChI is InChI=1S/C14H16ClN3O2/c1-2-16-13(19)10-6-5-9(8-11(10)15)18-14(20)12-4-3-7-17-12/h3-6,8,12,17H,2,7H2,1H3,(H,16,19)(H,18,20). The second-order valence-electron chi connectivity index (χ2n) is 4.36. The predicted molar refractivity (Wildman–Crippen MR) is 79.0 cm³/mol. The Bertz CT molecular complexity index is 557. The van der Waals surface area contributed by atoms with Gasteiger partial charge >= 0.3 is 0 Å². The smallest absolute Gasteiger partial charge is 0.252 e. The van der Waals surface area contributed by atoms with E-state index in [1.165, 1.54) is 0 Å². The number of hydrogen-bond donors (Lipinski definition) is 3. The minimum atomic E-state index is -0.322. The van der Waals surface area contributed by atoms with Gasteiger partial charge in [-0.15, -0.1) is 0 Å². The summed E-state index contributed by atoms with van der Waals surface area (Å²) in [5, 5.41) is 8.76. The zero-order valence-corrected chi connectivity index (χ0v) is 11.8. The number of benzene rings is 1. The van der Waals surface area contributed by atoms with Gasteiger partial charge in [0.2, 0.25) is 5.91 Å². The summed E-state index contributed by atoms with van der Waals surface area (Å²) in [5.74, 6) is -0.378. The van der Waals surface area contributed by atoms with Gasteiger partial charge in [-0.25, -0.2) is 0 Å². The Morgan fingerprint density at radius 1 is 1.45 bits per heavy atom. The maximum atomic E-state index is 11.9. The van der Waals surface area contributed by atoms with Gasteiger partial charge in [-0.2, -0.15) is 0 Å². The molecule has 2 rings (SSSR count). The molecule has 0 radical (unpaired) electrons. The maximum Gasteiger partial charge on any atom is 0.252 e. The molecule has 5 nitrogen and oxygen atoms in total. The van der Waals surface area contributed by atoms with Crippen LogP contribution in [0.3, 0.4) is 0 Å². The van der Waals surface area contributed by atoms with Crippen molar-refractivity contribution in [2.24, 2.45) is 0 Å². The monoisotopic (exact) mass is 293 g/mol. The molecule has 0 fully saturated rings. The van der Waals surface area contributed by atoms with Gasteiger partial charge in [0.1, 0.15) is 6.04 Å². The molecule has 2 amide bonds. The molecule has 1 unspecified atom stereocenters. The number of carbonyl (C=O) groups excluding carboxylic acids is 2. The quantitative estimate of drug-likeness (QED) is 0.738. The van der Waals surface area contributed by atoms with Crippen LogP contribution in [0.25, 0.3) is 0 Å². The lowest BCUT2D eigenvalue weighted by Crippen LogP contribution is -2.35. The number of carbonyl (C=O) groups is 2. The third-order valence-corrected chi connectivity index (χ3v) is 3.20. The van der Waals surface area contributed by atoms with Crippen LogP contribution in [0.4, 0.5) is 5.69 Å². The van der Waals surface area contributed by atoms with Crippen LogP contribution in [0.1, 0.15) is 17.3 Å². The Kier molecular flexibility index (Phi) is 4.76. The van der Waals surface area contributed by atoms with E-state index in [4.69, 9.17) is 11.6 Å². The first-order valence-electron chi connectivity index (χ1n) is 6.40. The van der Waals surface area contributed by atoms with Crippen LogP contribution < -0.4 is 16.0 Å². The summed E-state index contributed by atoms with van der Waals surface area (Å²) in [6.45, 7) is 3.06. The van der Waals surface area contributed by atoms with Gasteiger partial charge in [0, 0.05) is 18.8 Å². The fourth-order valence-electron chi connectivity index (χ4n) is 1.90. The normalized spacial score (nSPS) is 17.0. The highest BCUT2D eigenvalue weighted by Gasteiger charge is 2.18. The van der Waals surface area contributed by atoms with Crippen molar-refractivity contribution in [3.05, 3.63) is 40.9 Å². The van der Waals surface area contributed by atoms with Crippen LogP contribution in [-0.2, 0) is 4.79 Å². The molecule has 1 aliphatic rings. The highest BCUT2D eigenvalue weighted by Crippen LogP contribution is 2.21. The van der Waals surface area contributed by atoms with E-state index in [9.17, 15) is 9.59 Å². The van der Waals surface area contributed by atoms with Gasteiger partial charge in [-0.05, 0) is 25.1 Å². The molecule has 0 saturated heterocycles. The van der Waals surface area contributed by atoms with E-state index in [-0.39, 0.29) is 17.9 Å². The summed E-state index contributed by atoms with van der Waals surface area (Å²) in [4.78, 5) is 23.6. The van der Waals surface area contributed by atoms with Gasteiger partial charge in [0.15, 0.2) is 0 Å². The molecule has 1 atom stereocenters. The van der Waals surface area contributed by atoms with Gasteiger partial charge in [0.25, 0.3) is 5.91 Å². The van der Waals surface area contributed by atoms with Crippen molar-refractivity contribution in [2.75, 3.05) is 18.4 Å². The van der Waals surface area contributed by atoms with Crippen molar-refractivity contribution in [1.82, 2.24) is 10.6 Å². The van der Waals surface area contributed by atoms with Crippen LogP contribution in [0.5, 0.6) is 0 Å². The lowest BCUT2D eigenvalue weighted by molar-refractivity contribution is -0.116. The molecule has 0 bridgehead atoms. The van der Waals surface area contributed by atoms with Crippen molar-refractivity contribution in [2.45, 2.75) is 13.0 Å². The van der Waals surface area contributed by atoms with Crippen LogP contribution in [0.2, 0.25) is 5.02 Å². The van der Waals surface area contributed by atoms with E-state index in [0.717, 1.165) is 0 Å². The number of anilines is 1. The number of hydrogen-bond acceptors (Lipinski definition) is 3. The average molecular weight is 294 g/mol. The van der Waals surface area contributed by atoms with Crippen LogP contribution in [-0.4, -0.2) is 30.9 Å². The van der Waals surface area contributed by atoms with E-state index >= 15 is 0 Å². The van der Waals surface area contributed by atoms with Gasteiger partial charge in [0.05, 0.1) is 10.6 Å². The Labute approximate surface area is 122 Å². The summed E-state index contributed by atoms with van der Waals surface area (Å²) in [5.41, 5.74) is 0.959. The SMILES string of the molecule is CCNC(=O)c1ccc(NC(=O)C2C=CCN2)cc1Cl. The molecule has 0 aliphatic carbocycles. The Balaban J connectivity index is 2.07. The van der Waals surface area contributed by atoms with E-state index in [1.807, 2.05) is 13.0 Å². The Hall–Kier alpha value is -1.85. The van der Waals surface area contributed by atoms with Crippen molar-refractivity contribution >= 4 is 29.1 Å². The van der Waals surface area contributed by atoms with E-state index in [1.54, 1.807) is 24.3 Å². The molecule has 0 spiro atoms. The molecule has 106 valence electrons. The fourth-order valence-corrected chi connectivity index (χ4v) is 2.17. The van der Waals surface area contributed by atoms with E-state index in [2.05, 4.69) is 16.0 Å². The first-order chi connectivity index (χ1) is 9.61. The molecular weight excluding hydrogens is 278 g/mol. The third-order valence-electron chi connectivity index (χ3n) is 2.89. The zero-order chi connectivity index (χ0) is 14.5. The minimum absolute atomic E-state index is 0.152. The highest BCUT2D eigenvalue weighted by atomic mass is 35.5. The number of amides is 2. The minimum Gasteiger partial charge on any atom is -0.352 e. The van der Waals surface area contributed by atoms with Crippen molar-refractivity contribution in [1.29, 1.82) is 0 Å². The summed E-state index contributed by atoms with van der Waals surface area (Å²) in [6.07, 6.45) is 3.70. The highest BCUT2D eigenvalue weighted by molar-refractivity contribution is 6.34. The fraction of sp³-hybridized carbons (Fsp3) is 0.286. The molecule has 0 saturated carbocycles. The third kappa shape index (κ3) is 3.37. The molecule has 1 heterocycles. The first kappa shape index (κ1) is 14.6. The number of halogens is 1. The van der Waals surface area contributed by atoms with Crippen LogP contribution >= 0.6 is 11.6 Å². The maximum absolute atomic E-state index is 11.9. The Morgan fingerprint density at radius 2 is 2.25 bits per heavy atom. The molecule has 1 aromatic rings. The van der Waals surface area contributed by atoms with Crippen molar-refractivity contribution < 1.29 is 9.59 Å². The summed E-state index contributed by atoms with van der Waals surface area (Å²) >= 11 is 6.06. The van der Waals surface area contributed by atoms with E-state index < -0.39 is 0 Å². The topological polar surface area (TPSA) is 70.2 Å².